The normalized spacial score (nSPS) is 15.4. The zero-order valence-electron chi connectivity index (χ0n) is 7.86. The molecular weight excluding hydrogens is 166 g/mol. The van der Waals surface area contributed by atoms with E-state index in [0.29, 0.717) is 5.56 Å². The number of phenols is 1. The number of rotatable bonds is 2. The van der Waals surface area contributed by atoms with Gasteiger partial charge in [0.15, 0.2) is 0 Å². The molecule has 0 amide bonds. The molecule has 0 radical (unpaired) electrons. The van der Waals surface area contributed by atoms with E-state index < -0.39 is 12.1 Å². The molecule has 0 heterocycles. The fourth-order valence-corrected chi connectivity index (χ4v) is 1.34. The fourth-order valence-electron chi connectivity index (χ4n) is 1.34. The molecule has 0 bridgehead atoms. The first-order valence-electron chi connectivity index (χ1n) is 4.26. The van der Waals surface area contributed by atoms with Crippen LogP contribution < -0.4 is 5.73 Å². The second-order valence-electron chi connectivity index (χ2n) is 3.27. The van der Waals surface area contributed by atoms with Gasteiger partial charge in [0.05, 0.1) is 12.1 Å². The van der Waals surface area contributed by atoms with E-state index in [1.807, 2.05) is 13.0 Å². The number of aliphatic hydroxyl groups excluding tert-OH is 1. The number of phenolic OH excluding ortho intramolecular Hbond substituents is 1. The molecule has 0 spiro atoms. The van der Waals surface area contributed by atoms with E-state index >= 15 is 0 Å². The van der Waals surface area contributed by atoms with Crippen molar-refractivity contribution in [1.82, 2.24) is 0 Å². The number of benzene rings is 1. The highest BCUT2D eigenvalue weighted by Crippen LogP contribution is 2.27. The largest absolute Gasteiger partial charge is 0.508 e. The highest BCUT2D eigenvalue weighted by Gasteiger charge is 2.17. The molecule has 0 saturated carbocycles. The standard InChI is InChI=1S/C10H15NO2/c1-6-4-3-5-8(13)9(6)10(11)7(2)12/h3-5,7,10,12-13H,11H2,1-2H3. The summed E-state index contributed by atoms with van der Waals surface area (Å²) in [5, 5.41) is 18.8. The number of hydrogen-bond donors (Lipinski definition) is 3. The monoisotopic (exact) mass is 181 g/mol. The second kappa shape index (κ2) is 3.77. The van der Waals surface area contributed by atoms with Gasteiger partial charge in [0.1, 0.15) is 5.75 Å². The summed E-state index contributed by atoms with van der Waals surface area (Å²) in [4.78, 5) is 0. The Morgan fingerprint density at radius 1 is 1.38 bits per heavy atom. The Kier molecular flexibility index (Phi) is 2.90. The Morgan fingerprint density at radius 3 is 2.46 bits per heavy atom. The van der Waals surface area contributed by atoms with Crippen molar-refractivity contribution in [3.05, 3.63) is 29.3 Å². The zero-order valence-corrected chi connectivity index (χ0v) is 7.86. The maximum Gasteiger partial charge on any atom is 0.120 e. The average molecular weight is 181 g/mol. The molecule has 0 saturated heterocycles. The van der Waals surface area contributed by atoms with Gasteiger partial charge in [-0.2, -0.15) is 0 Å². The van der Waals surface area contributed by atoms with E-state index in [1.165, 1.54) is 0 Å². The molecule has 1 rings (SSSR count). The van der Waals surface area contributed by atoms with Gasteiger partial charge in [-0.3, -0.25) is 0 Å². The van der Waals surface area contributed by atoms with Gasteiger partial charge < -0.3 is 15.9 Å². The minimum absolute atomic E-state index is 0.147. The van der Waals surface area contributed by atoms with Crippen molar-refractivity contribution in [1.29, 1.82) is 0 Å². The van der Waals surface area contributed by atoms with Crippen molar-refractivity contribution in [2.24, 2.45) is 5.73 Å². The zero-order chi connectivity index (χ0) is 10.0. The number of aromatic hydroxyl groups is 1. The third kappa shape index (κ3) is 1.99. The fraction of sp³-hybridized carbons (Fsp3) is 0.400. The van der Waals surface area contributed by atoms with Crippen molar-refractivity contribution < 1.29 is 10.2 Å². The Balaban J connectivity index is 3.12. The van der Waals surface area contributed by atoms with Gasteiger partial charge in [0.2, 0.25) is 0 Å². The summed E-state index contributed by atoms with van der Waals surface area (Å²) in [6.45, 7) is 3.47. The van der Waals surface area contributed by atoms with Crippen molar-refractivity contribution in [3.63, 3.8) is 0 Å². The molecule has 1 aromatic carbocycles. The average Bonchev–Trinajstić information content (AvgIpc) is 2.03. The van der Waals surface area contributed by atoms with Crippen LogP contribution in [0, 0.1) is 6.92 Å². The quantitative estimate of drug-likeness (QED) is 0.639. The highest BCUT2D eigenvalue weighted by atomic mass is 16.3. The lowest BCUT2D eigenvalue weighted by Crippen LogP contribution is -2.24. The predicted molar refractivity (Wildman–Crippen MR) is 51.5 cm³/mol. The van der Waals surface area contributed by atoms with Crippen LogP contribution >= 0.6 is 0 Å². The third-order valence-electron chi connectivity index (χ3n) is 2.15. The summed E-state index contributed by atoms with van der Waals surface area (Å²) < 4.78 is 0. The van der Waals surface area contributed by atoms with Gasteiger partial charge in [-0.25, -0.2) is 0 Å². The van der Waals surface area contributed by atoms with Crippen LogP contribution in [0.25, 0.3) is 0 Å². The lowest BCUT2D eigenvalue weighted by Gasteiger charge is -2.18. The van der Waals surface area contributed by atoms with Crippen LogP contribution in [0.2, 0.25) is 0 Å². The predicted octanol–water partition coefficient (Wildman–Crippen LogP) is 1.08. The molecule has 0 aliphatic rings. The van der Waals surface area contributed by atoms with Gasteiger partial charge in [-0.15, -0.1) is 0 Å². The molecule has 2 unspecified atom stereocenters. The highest BCUT2D eigenvalue weighted by molar-refractivity contribution is 5.41. The first-order chi connectivity index (χ1) is 6.04. The van der Waals surface area contributed by atoms with Gasteiger partial charge in [-0.05, 0) is 25.5 Å². The molecule has 0 fully saturated rings. The molecule has 0 aliphatic heterocycles. The van der Waals surface area contributed by atoms with Gasteiger partial charge in [0.25, 0.3) is 0 Å². The number of aryl methyl sites for hydroxylation is 1. The Labute approximate surface area is 77.8 Å². The van der Waals surface area contributed by atoms with Crippen LogP contribution in [0.4, 0.5) is 0 Å². The molecule has 4 N–H and O–H groups in total. The summed E-state index contributed by atoms with van der Waals surface area (Å²) in [5.74, 6) is 0.147. The first-order valence-corrected chi connectivity index (χ1v) is 4.26. The molecule has 13 heavy (non-hydrogen) atoms. The van der Waals surface area contributed by atoms with E-state index in [-0.39, 0.29) is 5.75 Å². The molecular formula is C10H15NO2. The van der Waals surface area contributed by atoms with E-state index in [0.717, 1.165) is 5.56 Å². The topological polar surface area (TPSA) is 66.5 Å². The molecule has 3 nitrogen and oxygen atoms in total. The lowest BCUT2D eigenvalue weighted by atomic mass is 9.97. The molecule has 0 aromatic heterocycles. The van der Waals surface area contributed by atoms with Crippen LogP contribution in [0.1, 0.15) is 24.1 Å². The third-order valence-corrected chi connectivity index (χ3v) is 2.15. The smallest absolute Gasteiger partial charge is 0.120 e. The van der Waals surface area contributed by atoms with Crippen LogP contribution in [-0.4, -0.2) is 16.3 Å². The van der Waals surface area contributed by atoms with Crippen molar-refractivity contribution in [2.75, 3.05) is 0 Å². The molecule has 1 aromatic rings. The second-order valence-corrected chi connectivity index (χ2v) is 3.27. The lowest BCUT2D eigenvalue weighted by molar-refractivity contribution is 0.162. The van der Waals surface area contributed by atoms with Crippen molar-refractivity contribution in [3.8, 4) is 5.75 Å². The van der Waals surface area contributed by atoms with Gasteiger partial charge >= 0.3 is 0 Å². The maximum atomic E-state index is 9.52. The maximum absolute atomic E-state index is 9.52. The molecule has 2 atom stereocenters. The minimum Gasteiger partial charge on any atom is -0.508 e. The van der Waals surface area contributed by atoms with Crippen LogP contribution in [-0.2, 0) is 0 Å². The SMILES string of the molecule is Cc1cccc(O)c1C(N)C(C)O. The van der Waals surface area contributed by atoms with Gasteiger partial charge in [0, 0.05) is 5.56 Å². The molecule has 72 valence electrons. The Hall–Kier alpha value is -1.06. The minimum atomic E-state index is -0.660. The van der Waals surface area contributed by atoms with Crippen LogP contribution in [0.3, 0.4) is 0 Å². The van der Waals surface area contributed by atoms with Crippen LogP contribution in [0.15, 0.2) is 18.2 Å². The van der Waals surface area contributed by atoms with E-state index in [2.05, 4.69) is 0 Å². The van der Waals surface area contributed by atoms with E-state index in [1.54, 1.807) is 19.1 Å². The Bertz CT molecular complexity index is 277. The molecule has 3 heteroatoms. The first kappa shape index (κ1) is 10.0. The van der Waals surface area contributed by atoms with Crippen molar-refractivity contribution in [2.45, 2.75) is 26.0 Å². The van der Waals surface area contributed by atoms with E-state index in [9.17, 15) is 10.2 Å². The molecule has 0 aliphatic carbocycles. The summed E-state index contributed by atoms with van der Waals surface area (Å²) in [6.07, 6.45) is -0.660. The van der Waals surface area contributed by atoms with E-state index in [4.69, 9.17) is 5.73 Å². The van der Waals surface area contributed by atoms with Gasteiger partial charge in [-0.1, -0.05) is 12.1 Å². The summed E-state index contributed by atoms with van der Waals surface area (Å²) in [5.41, 5.74) is 7.25. The summed E-state index contributed by atoms with van der Waals surface area (Å²) >= 11 is 0. The Morgan fingerprint density at radius 2 is 2.00 bits per heavy atom. The van der Waals surface area contributed by atoms with Crippen LogP contribution in [0.5, 0.6) is 5.75 Å². The summed E-state index contributed by atoms with van der Waals surface area (Å²) in [7, 11) is 0. The number of nitrogens with two attached hydrogens (primary N) is 1. The van der Waals surface area contributed by atoms with Crippen molar-refractivity contribution >= 4 is 0 Å². The summed E-state index contributed by atoms with van der Waals surface area (Å²) in [6, 6.07) is 4.66. The number of aliphatic hydroxyl groups is 1. The number of hydrogen-bond acceptors (Lipinski definition) is 3.